The van der Waals surface area contributed by atoms with Gasteiger partial charge in [0.05, 0.1) is 11.8 Å². The Morgan fingerprint density at radius 2 is 2.18 bits per heavy atom. The van der Waals surface area contributed by atoms with Gasteiger partial charge in [-0.1, -0.05) is 5.16 Å². The van der Waals surface area contributed by atoms with Crippen molar-refractivity contribution in [1.82, 2.24) is 0 Å². The number of carbonyl (C=O) groups is 1. The van der Waals surface area contributed by atoms with Crippen LogP contribution in [0.25, 0.3) is 0 Å². The summed E-state index contributed by atoms with van der Waals surface area (Å²) in [7, 11) is 0. The second-order valence-electron chi connectivity index (χ2n) is 3.82. The molecular weight excluding hydrogens is 259 g/mol. The van der Waals surface area contributed by atoms with Crippen LogP contribution in [-0.4, -0.2) is 40.2 Å². The lowest BCUT2D eigenvalue weighted by atomic mass is 10.0. The largest absolute Gasteiger partial charge is 0.462 e. The monoisotopic (exact) mass is 271 g/mol. The van der Waals surface area contributed by atoms with E-state index in [4.69, 9.17) is 9.94 Å². The fourth-order valence-corrected chi connectivity index (χ4v) is 2.73. The van der Waals surface area contributed by atoms with Gasteiger partial charge in [-0.15, -0.1) is 11.8 Å². The van der Waals surface area contributed by atoms with Crippen molar-refractivity contribution < 1.29 is 27.9 Å². The minimum Gasteiger partial charge on any atom is -0.462 e. The van der Waals surface area contributed by atoms with E-state index in [9.17, 15) is 18.0 Å². The Morgan fingerprint density at radius 1 is 1.59 bits per heavy atom. The van der Waals surface area contributed by atoms with Crippen molar-refractivity contribution in [2.24, 2.45) is 11.1 Å². The van der Waals surface area contributed by atoms with Crippen LogP contribution in [0.5, 0.6) is 0 Å². The average molecular weight is 271 g/mol. The van der Waals surface area contributed by atoms with E-state index in [2.05, 4.69) is 5.16 Å². The van der Waals surface area contributed by atoms with E-state index < -0.39 is 35.1 Å². The molecule has 1 heterocycles. The average Bonchev–Trinajstić information content (AvgIpc) is 2.58. The molecule has 0 spiro atoms. The maximum Gasteiger partial charge on any atom is 0.397 e. The molecule has 0 radical (unpaired) electrons. The van der Waals surface area contributed by atoms with Gasteiger partial charge in [0.15, 0.2) is 0 Å². The third kappa shape index (κ3) is 3.27. The summed E-state index contributed by atoms with van der Waals surface area (Å²) in [6.45, 7) is 3.18. The summed E-state index contributed by atoms with van der Waals surface area (Å²) in [6.07, 6.45) is -4.94. The molecule has 1 rings (SSSR count). The molecule has 4 nitrogen and oxygen atoms in total. The molecule has 0 aromatic carbocycles. The Kier molecular flexibility index (Phi) is 4.29. The molecule has 1 aliphatic rings. The predicted octanol–water partition coefficient (Wildman–Crippen LogP) is 2.06. The molecule has 0 saturated carbocycles. The van der Waals surface area contributed by atoms with Gasteiger partial charge >= 0.3 is 12.1 Å². The summed E-state index contributed by atoms with van der Waals surface area (Å²) >= 11 is 0.775. The fraction of sp³-hybridized carbons (Fsp3) is 0.778. The zero-order chi connectivity index (χ0) is 13.2. The van der Waals surface area contributed by atoms with E-state index >= 15 is 0 Å². The van der Waals surface area contributed by atoms with Gasteiger partial charge in [-0.05, 0) is 13.8 Å². The molecular formula is C9H12F3NO3S. The highest BCUT2D eigenvalue weighted by Crippen LogP contribution is 2.40. The first-order chi connectivity index (χ1) is 7.77. The van der Waals surface area contributed by atoms with Crippen LogP contribution in [0.3, 0.4) is 0 Å². The highest BCUT2D eigenvalue weighted by Gasteiger charge is 2.52. The summed E-state index contributed by atoms with van der Waals surface area (Å²) in [5, 5.41) is 10.1. The third-order valence-electron chi connectivity index (χ3n) is 2.13. The van der Waals surface area contributed by atoms with E-state index in [1.165, 1.54) is 0 Å². The Hall–Kier alpha value is -0.920. The Morgan fingerprint density at radius 3 is 2.59 bits per heavy atom. The van der Waals surface area contributed by atoms with Crippen molar-refractivity contribution >= 4 is 23.4 Å². The first-order valence-corrected chi connectivity index (χ1v) is 5.93. The zero-order valence-corrected chi connectivity index (χ0v) is 10.0. The number of halogens is 3. The van der Waals surface area contributed by atoms with E-state index in [0.29, 0.717) is 0 Å². The summed E-state index contributed by atoms with van der Waals surface area (Å²) in [5.41, 5.74) is -0.576. The molecule has 17 heavy (non-hydrogen) atoms. The minimum absolute atomic E-state index is 0.333. The van der Waals surface area contributed by atoms with Crippen molar-refractivity contribution in [2.45, 2.75) is 31.4 Å². The van der Waals surface area contributed by atoms with Gasteiger partial charge in [-0.3, -0.25) is 4.79 Å². The van der Waals surface area contributed by atoms with Gasteiger partial charge in [0.25, 0.3) is 0 Å². The molecule has 0 aromatic rings. The maximum atomic E-state index is 12.5. The number of hydrogen-bond acceptors (Lipinski definition) is 5. The number of rotatable bonds is 2. The Bertz CT molecular complexity index is 330. The molecule has 2 atom stereocenters. The van der Waals surface area contributed by atoms with Crippen molar-refractivity contribution in [3.05, 3.63) is 0 Å². The van der Waals surface area contributed by atoms with E-state index in [1.54, 1.807) is 13.8 Å². The van der Waals surface area contributed by atoms with Crippen LogP contribution in [-0.2, 0) is 9.53 Å². The third-order valence-corrected chi connectivity index (χ3v) is 3.42. The SMILES string of the molecule is CC(C)OC(=O)C1SCC(C(F)(F)F)C1=NO. The van der Waals surface area contributed by atoms with Gasteiger partial charge in [-0.2, -0.15) is 13.2 Å². The molecule has 8 heteroatoms. The van der Waals surface area contributed by atoms with Crippen LogP contribution in [0.15, 0.2) is 5.16 Å². The standard InChI is InChI=1S/C9H12F3NO3S/c1-4(2)16-8(14)7-6(13-15)5(3-17-7)9(10,11)12/h4-5,7,15H,3H2,1-2H3. The van der Waals surface area contributed by atoms with Crippen LogP contribution in [0, 0.1) is 5.92 Å². The van der Waals surface area contributed by atoms with Crippen molar-refractivity contribution in [1.29, 1.82) is 0 Å². The number of thioether (sulfide) groups is 1. The summed E-state index contributed by atoms with van der Waals surface area (Å²) in [4.78, 5) is 11.5. The van der Waals surface area contributed by atoms with Gasteiger partial charge in [0.1, 0.15) is 11.2 Å². The number of esters is 1. The van der Waals surface area contributed by atoms with Crippen molar-refractivity contribution in [2.75, 3.05) is 5.75 Å². The molecule has 0 aliphatic carbocycles. The lowest BCUT2D eigenvalue weighted by Gasteiger charge is -2.16. The zero-order valence-electron chi connectivity index (χ0n) is 9.19. The summed E-state index contributed by atoms with van der Waals surface area (Å²) in [5.74, 6) is -3.02. The van der Waals surface area contributed by atoms with Crippen LogP contribution < -0.4 is 0 Å². The van der Waals surface area contributed by atoms with Gasteiger partial charge in [0, 0.05) is 5.75 Å². The van der Waals surface area contributed by atoms with Crippen LogP contribution >= 0.6 is 11.8 Å². The second-order valence-corrected chi connectivity index (χ2v) is 4.96. The lowest BCUT2D eigenvalue weighted by molar-refractivity contribution is -0.150. The van der Waals surface area contributed by atoms with Gasteiger partial charge in [0.2, 0.25) is 0 Å². The van der Waals surface area contributed by atoms with E-state index in [-0.39, 0.29) is 5.75 Å². The first-order valence-electron chi connectivity index (χ1n) is 4.88. The predicted molar refractivity (Wildman–Crippen MR) is 56.2 cm³/mol. The second kappa shape index (κ2) is 5.16. The highest BCUT2D eigenvalue weighted by atomic mass is 32.2. The lowest BCUT2D eigenvalue weighted by Crippen LogP contribution is -2.36. The normalized spacial score (nSPS) is 27.8. The molecule has 0 amide bonds. The van der Waals surface area contributed by atoms with Gasteiger partial charge < -0.3 is 9.94 Å². The highest BCUT2D eigenvalue weighted by molar-refractivity contribution is 8.01. The molecule has 98 valence electrons. The fourth-order valence-electron chi connectivity index (χ4n) is 1.41. The number of alkyl halides is 3. The number of carbonyl (C=O) groups excluding carboxylic acids is 1. The molecule has 1 saturated heterocycles. The summed E-state index contributed by atoms with van der Waals surface area (Å²) < 4.78 is 42.4. The molecule has 0 bridgehead atoms. The molecule has 0 aromatic heterocycles. The van der Waals surface area contributed by atoms with Crippen molar-refractivity contribution in [3.8, 4) is 0 Å². The summed E-state index contributed by atoms with van der Waals surface area (Å²) in [6, 6.07) is 0. The smallest absolute Gasteiger partial charge is 0.397 e. The van der Waals surface area contributed by atoms with Crippen LogP contribution in [0.1, 0.15) is 13.8 Å². The maximum absolute atomic E-state index is 12.5. The molecule has 1 aliphatic heterocycles. The number of hydrogen-bond donors (Lipinski definition) is 1. The number of nitrogens with zero attached hydrogens (tertiary/aromatic N) is 1. The van der Waals surface area contributed by atoms with E-state index in [1.807, 2.05) is 0 Å². The van der Waals surface area contributed by atoms with Gasteiger partial charge in [-0.25, -0.2) is 0 Å². The molecule has 1 fully saturated rings. The Balaban J connectivity index is 2.82. The topological polar surface area (TPSA) is 58.9 Å². The van der Waals surface area contributed by atoms with Crippen LogP contribution in [0.4, 0.5) is 13.2 Å². The molecule has 2 unspecified atom stereocenters. The molecule has 1 N–H and O–H groups in total. The quantitative estimate of drug-likeness (QED) is 0.474. The van der Waals surface area contributed by atoms with E-state index in [0.717, 1.165) is 11.8 Å². The number of oxime groups is 1. The first kappa shape index (κ1) is 14.1. The minimum atomic E-state index is -4.51. The van der Waals surface area contributed by atoms with Crippen molar-refractivity contribution in [3.63, 3.8) is 0 Å². The number of ether oxygens (including phenoxy) is 1. The van der Waals surface area contributed by atoms with Crippen LogP contribution in [0.2, 0.25) is 0 Å². The Labute approximate surface area is 100 Å².